The summed E-state index contributed by atoms with van der Waals surface area (Å²) in [6.45, 7) is 4.85. The third-order valence-electron chi connectivity index (χ3n) is 1.85. The van der Waals surface area contributed by atoms with Crippen molar-refractivity contribution < 1.29 is 0 Å². The van der Waals surface area contributed by atoms with Crippen LogP contribution < -0.4 is 5.32 Å². The van der Waals surface area contributed by atoms with Crippen LogP contribution in [-0.4, -0.2) is 21.5 Å². The van der Waals surface area contributed by atoms with E-state index < -0.39 is 0 Å². The predicted octanol–water partition coefficient (Wildman–Crippen LogP) is 2.82. The van der Waals surface area contributed by atoms with Crippen LogP contribution in [0.25, 0.3) is 0 Å². The molecular formula is C10H12N4S2. The normalized spacial score (nSPS) is 10.4. The molecule has 4 nitrogen and oxygen atoms in total. The molecule has 0 saturated heterocycles. The summed E-state index contributed by atoms with van der Waals surface area (Å²) in [5, 5.41) is 6.02. The summed E-state index contributed by atoms with van der Waals surface area (Å²) in [5.41, 5.74) is 1.07. The van der Waals surface area contributed by atoms with E-state index >= 15 is 0 Å². The van der Waals surface area contributed by atoms with Crippen molar-refractivity contribution in [1.82, 2.24) is 15.0 Å². The van der Waals surface area contributed by atoms with E-state index in [2.05, 4.69) is 20.3 Å². The highest BCUT2D eigenvalue weighted by Gasteiger charge is 2.06. The zero-order chi connectivity index (χ0) is 11.4. The standard InChI is InChI=1S/C10H12N4S2/c1-3-11-9-13-6-7(2)8(14-9)16-10-12-4-5-15-10/h4-6H,3H2,1-2H3,(H,11,13,14). The highest BCUT2D eigenvalue weighted by atomic mass is 32.2. The van der Waals surface area contributed by atoms with Crippen molar-refractivity contribution >= 4 is 29.0 Å². The minimum Gasteiger partial charge on any atom is -0.354 e. The van der Waals surface area contributed by atoms with Crippen molar-refractivity contribution in [3.05, 3.63) is 23.3 Å². The third kappa shape index (κ3) is 2.70. The van der Waals surface area contributed by atoms with Crippen molar-refractivity contribution in [3.63, 3.8) is 0 Å². The first-order valence-corrected chi connectivity index (χ1v) is 6.64. The number of hydrogen-bond donors (Lipinski definition) is 1. The zero-order valence-electron chi connectivity index (χ0n) is 9.10. The summed E-state index contributed by atoms with van der Waals surface area (Å²) in [4.78, 5) is 12.9. The molecule has 2 heterocycles. The van der Waals surface area contributed by atoms with Crippen LogP contribution in [-0.2, 0) is 0 Å². The Bertz CT molecular complexity index is 456. The van der Waals surface area contributed by atoms with Crippen LogP contribution in [0.5, 0.6) is 0 Å². The number of nitrogens with zero attached hydrogens (tertiary/aromatic N) is 3. The van der Waals surface area contributed by atoms with Gasteiger partial charge < -0.3 is 5.32 Å². The minimum absolute atomic E-state index is 0.673. The van der Waals surface area contributed by atoms with Gasteiger partial charge in [-0.05, 0) is 25.6 Å². The van der Waals surface area contributed by atoms with Crippen LogP contribution in [0, 0.1) is 6.92 Å². The molecule has 0 saturated carbocycles. The van der Waals surface area contributed by atoms with E-state index in [1.54, 1.807) is 29.3 Å². The lowest BCUT2D eigenvalue weighted by Crippen LogP contribution is -2.03. The highest BCUT2D eigenvalue weighted by molar-refractivity contribution is 8.01. The molecule has 0 fully saturated rings. The number of rotatable bonds is 4. The summed E-state index contributed by atoms with van der Waals surface area (Å²) >= 11 is 3.19. The molecule has 0 atom stereocenters. The molecule has 6 heteroatoms. The molecule has 2 aromatic heterocycles. The van der Waals surface area contributed by atoms with Crippen molar-refractivity contribution in [2.75, 3.05) is 11.9 Å². The minimum atomic E-state index is 0.673. The molecule has 0 radical (unpaired) electrons. The molecule has 2 rings (SSSR count). The van der Waals surface area contributed by atoms with Gasteiger partial charge in [-0.15, -0.1) is 11.3 Å². The van der Waals surface area contributed by atoms with Gasteiger partial charge in [-0.2, -0.15) is 0 Å². The molecule has 0 aliphatic heterocycles. The van der Waals surface area contributed by atoms with Gasteiger partial charge in [-0.1, -0.05) is 0 Å². The SMILES string of the molecule is CCNc1ncc(C)c(Sc2nccs2)n1. The lowest BCUT2D eigenvalue weighted by Gasteiger charge is -2.05. The van der Waals surface area contributed by atoms with Gasteiger partial charge in [-0.3, -0.25) is 0 Å². The second kappa shape index (κ2) is 5.27. The summed E-state index contributed by atoms with van der Waals surface area (Å²) in [6, 6.07) is 0. The summed E-state index contributed by atoms with van der Waals surface area (Å²) in [6.07, 6.45) is 3.63. The Morgan fingerprint density at radius 2 is 2.31 bits per heavy atom. The van der Waals surface area contributed by atoms with E-state index in [0.29, 0.717) is 5.95 Å². The van der Waals surface area contributed by atoms with Gasteiger partial charge >= 0.3 is 0 Å². The smallest absolute Gasteiger partial charge is 0.223 e. The van der Waals surface area contributed by atoms with E-state index in [1.807, 2.05) is 25.4 Å². The first-order chi connectivity index (χ1) is 7.79. The first-order valence-electron chi connectivity index (χ1n) is 4.94. The highest BCUT2D eigenvalue weighted by Crippen LogP contribution is 2.30. The molecule has 0 aliphatic carbocycles. The van der Waals surface area contributed by atoms with E-state index in [0.717, 1.165) is 21.5 Å². The van der Waals surface area contributed by atoms with Crippen LogP contribution in [0.1, 0.15) is 12.5 Å². The van der Waals surface area contributed by atoms with Crippen LogP contribution in [0.4, 0.5) is 5.95 Å². The monoisotopic (exact) mass is 252 g/mol. The Morgan fingerprint density at radius 1 is 1.44 bits per heavy atom. The molecule has 2 aromatic rings. The van der Waals surface area contributed by atoms with Gasteiger partial charge in [0.15, 0.2) is 4.34 Å². The predicted molar refractivity (Wildman–Crippen MR) is 67.2 cm³/mol. The Kier molecular flexibility index (Phi) is 3.74. The van der Waals surface area contributed by atoms with Gasteiger partial charge in [0.1, 0.15) is 5.03 Å². The van der Waals surface area contributed by atoms with Crippen LogP contribution in [0.3, 0.4) is 0 Å². The second-order valence-electron chi connectivity index (χ2n) is 3.11. The number of thiazole rings is 1. The van der Waals surface area contributed by atoms with Crippen molar-refractivity contribution in [2.45, 2.75) is 23.2 Å². The van der Waals surface area contributed by atoms with Crippen molar-refractivity contribution in [1.29, 1.82) is 0 Å². The Morgan fingerprint density at radius 3 is 3.00 bits per heavy atom. The second-order valence-corrected chi connectivity index (χ2v) is 5.24. The van der Waals surface area contributed by atoms with Gasteiger partial charge in [0.2, 0.25) is 5.95 Å². The Hall–Kier alpha value is -1.14. The molecule has 0 aromatic carbocycles. The van der Waals surface area contributed by atoms with Crippen LogP contribution in [0.2, 0.25) is 0 Å². The summed E-state index contributed by atoms with van der Waals surface area (Å²) < 4.78 is 1.00. The molecule has 16 heavy (non-hydrogen) atoms. The first kappa shape index (κ1) is 11.3. The Balaban J connectivity index is 2.21. The van der Waals surface area contributed by atoms with Gasteiger partial charge in [0.25, 0.3) is 0 Å². The van der Waals surface area contributed by atoms with Gasteiger partial charge in [0, 0.05) is 29.9 Å². The number of nitrogens with one attached hydrogen (secondary N) is 1. The van der Waals surface area contributed by atoms with Crippen LogP contribution in [0.15, 0.2) is 27.1 Å². The number of hydrogen-bond acceptors (Lipinski definition) is 6. The molecule has 0 aliphatic rings. The topological polar surface area (TPSA) is 50.7 Å². The van der Waals surface area contributed by atoms with Crippen LogP contribution >= 0.6 is 23.1 Å². The lowest BCUT2D eigenvalue weighted by molar-refractivity contribution is 0.982. The summed E-state index contributed by atoms with van der Waals surface area (Å²) in [5.74, 6) is 0.673. The maximum Gasteiger partial charge on any atom is 0.223 e. The maximum absolute atomic E-state index is 4.44. The number of anilines is 1. The molecule has 0 bridgehead atoms. The molecule has 84 valence electrons. The third-order valence-corrected chi connectivity index (χ3v) is 3.84. The molecule has 0 amide bonds. The quantitative estimate of drug-likeness (QED) is 0.848. The lowest BCUT2D eigenvalue weighted by atomic mass is 10.4. The largest absolute Gasteiger partial charge is 0.354 e. The van der Waals surface area contributed by atoms with E-state index in [4.69, 9.17) is 0 Å². The molecule has 1 N–H and O–H groups in total. The van der Waals surface area contributed by atoms with Gasteiger partial charge in [-0.25, -0.2) is 15.0 Å². The van der Waals surface area contributed by atoms with E-state index in [9.17, 15) is 0 Å². The van der Waals surface area contributed by atoms with Gasteiger partial charge in [0.05, 0.1) is 0 Å². The van der Waals surface area contributed by atoms with Crippen molar-refractivity contribution in [3.8, 4) is 0 Å². The zero-order valence-corrected chi connectivity index (χ0v) is 10.7. The molecule has 0 unspecified atom stereocenters. The Labute approximate surface area is 103 Å². The maximum atomic E-state index is 4.44. The van der Waals surface area contributed by atoms with Crippen molar-refractivity contribution in [2.24, 2.45) is 0 Å². The molecule has 0 spiro atoms. The average Bonchev–Trinajstić information content (AvgIpc) is 2.76. The van der Waals surface area contributed by atoms with E-state index in [1.165, 1.54) is 0 Å². The fourth-order valence-electron chi connectivity index (χ4n) is 1.12. The molecular weight excluding hydrogens is 240 g/mol. The fraction of sp³-hybridized carbons (Fsp3) is 0.300. The van der Waals surface area contributed by atoms with E-state index in [-0.39, 0.29) is 0 Å². The summed E-state index contributed by atoms with van der Waals surface area (Å²) in [7, 11) is 0. The average molecular weight is 252 g/mol. The number of aryl methyl sites for hydroxylation is 1. The fourth-order valence-corrected chi connectivity index (χ4v) is 2.70. The number of aromatic nitrogens is 3.